The SMILES string of the molecule is N#Cc1ccccc1-c1cccc2sc3ccc(-c4ccc5ccc6c(c5c4)CC=C(c4ccccc4)C=C6)cc3c12. The van der Waals surface area contributed by atoms with Crippen molar-refractivity contribution in [2.45, 2.75) is 6.42 Å². The van der Waals surface area contributed by atoms with Crippen LogP contribution in [0.1, 0.15) is 22.3 Å². The summed E-state index contributed by atoms with van der Waals surface area (Å²) in [6.45, 7) is 0. The van der Waals surface area contributed by atoms with Gasteiger partial charge in [0.25, 0.3) is 0 Å². The van der Waals surface area contributed by atoms with Gasteiger partial charge in [-0.2, -0.15) is 5.26 Å². The largest absolute Gasteiger partial charge is 0.192 e. The molecule has 0 bridgehead atoms. The molecule has 42 heavy (non-hydrogen) atoms. The van der Waals surface area contributed by atoms with E-state index in [1.165, 1.54) is 64.3 Å². The van der Waals surface area contributed by atoms with Crippen molar-refractivity contribution in [1.29, 1.82) is 5.26 Å². The van der Waals surface area contributed by atoms with Crippen molar-refractivity contribution in [3.8, 4) is 28.3 Å². The first-order chi connectivity index (χ1) is 20.8. The quantitative estimate of drug-likeness (QED) is 0.214. The molecule has 0 spiro atoms. The molecule has 0 fully saturated rings. The first-order valence-corrected chi connectivity index (χ1v) is 15.0. The Morgan fingerprint density at radius 1 is 0.595 bits per heavy atom. The highest BCUT2D eigenvalue weighted by Gasteiger charge is 2.15. The van der Waals surface area contributed by atoms with Gasteiger partial charge in [-0.1, -0.05) is 109 Å². The molecule has 2 heteroatoms. The molecule has 1 heterocycles. The number of fused-ring (bicyclic) bond motifs is 6. The summed E-state index contributed by atoms with van der Waals surface area (Å²) < 4.78 is 2.50. The summed E-state index contributed by atoms with van der Waals surface area (Å²) >= 11 is 1.81. The van der Waals surface area contributed by atoms with Crippen molar-refractivity contribution >= 4 is 53.9 Å². The van der Waals surface area contributed by atoms with E-state index in [9.17, 15) is 5.26 Å². The lowest BCUT2D eigenvalue weighted by Gasteiger charge is -2.11. The molecule has 1 nitrogen and oxygen atoms in total. The highest BCUT2D eigenvalue weighted by atomic mass is 32.1. The molecule has 0 aliphatic heterocycles. The van der Waals surface area contributed by atoms with Gasteiger partial charge in [0.2, 0.25) is 0 Å². The van der Waals surface area contributed by atoms with Crippen LogP contribution in [0.2, 0.25) is 0 Å². The topological polar surface area (TPSA) is 23.8 Å². The van der Waals surface area contributed by atoms with Gasteiger partial charge in [0.15, 0.2) is 0 Å². The van der Waals surface area contributed by atoms with E-state index < -0.39 is 0 Å². The molecule has 0 N–H and O–H groups in total. The maximum absolute atomic E-state index is 9.81. The molecule has 6 aromatic carbocycles. The van der Waals surface area contributed by atoms with Crippen molar-refractivity contribution in [1.82, 2.24) is 0 Å². The van der Waals surface area contributed by atoms with E-state index in [0.717, 1.165) is 17.5 Å². The number of hydrogen-bond donors (Lipinski definition) is 0. The van der Waals surface area contributed by atoms with Crippen molar-refractivity contribution in [3.63, 3.8) is 0 Å². The molecule has 0 radical (unpaired) electrons. The van der Waals surface area contributed by atoms with E-state index in [-0.39, 0.29) is 0 Å². The molecule has 1 aliphatic carbocycles. The summed E-state index contributed by atoms with van der Waals surface area (Å²) in [5, 5.41) is 14.8. The average molecular weight is 552 g/mol. The Morgan fingerprint density at radius 3 is 2.24 bits per heavy atom. The number of benzene rings is 6. The van der Waals surface area contributed by atoms with Gasteiger partial charge in [-0.05, 0) is 86.5 Å². The smallest absolute Gasteiger partial charge is 0.0998 e. The Balaban J connectivity index is 1.27. The van der Waals surface area contributed by atoms with Crippen LogP contribution in [-0.4, -0.2) is 0 Å². The lowest BCUT2D eigenvalue weighted by Crippen LogP contribution is -1.90. The van der Waals surface area contributed by atoms with E-state index in [1.54, 1.807) is 0 Å². The molecule has 0 atom stereocenters. The standard InChI is InChI=1S/C40H25NS/c41-25-32-9-4-5-10-33(32)35-11-6-12-39-40(35)37-24-31(20-22-38(37)42-39)30-18-17-29-16-15-28-14-13-27(26-7-2-1-3-8-26)19-21-34(28)36(29)23-30/h1-20,22-24H,21H2. The lowest BCUT2D eigenvalue weighted by atomic mass is 9.92. The molecule has 7 aromatic rings. The monoisotopic (exact) mass is 551 g/mol. The molecule has 8 rings (SSSR count). The maximum Gasteiger partial charge on any atom is 0.0998 e. The Hall–Kier alpha value is -5.23. The van der Waals surface area contributed by atoms with Crippen molar-refractivity contribution < 1.29 is 0 Å². The third-order valence-corrected chi connectivity index (χ3v) is 9.55. The van der Waals surface area contributed by atoms with E-state index in [2.05, 4.69) is 127 Å². The molecule has 0 saturated carbocycles. The minimum Gasteiger partial charge on any atom is -0.192 e. The van der Waals surface area contributed by atoms with Gasteiger partial charge in [0.1, 0.15) is 0 Å². The third-order valence-electron chi connectivity index (χ3n) is 8.41. The van der Waals surface area contributed by atoms with Crippen LogP contribution in [0.5, 0.6) is 0 Å². The molecule has 0 unspecified atom stereocenters. The highest BCUT2D eigenvalue weighted by Crippen LogP contribution is 2.42. The summed E-state index contributed by atoms with van der Waals surface area (Å²) in [6.07, 6.45) is 7.75. The number of thiophene rings is 1. The van der Waals surface area contributed by atoms with E-state index in [4.69, 9.17) is 0 Å². The fraction of sp³-hybridized carbons (Fsp3) is 0.0250. The summed E-state index contributed by atoms with van der Waals surface area (Å²) in [5.41, 5.74) is 10.4. The van der Waals surface area contributed by atoms with Crippen molar-refractivity contribution in [2.24, 2.45) is 0 Å². The number of allylic oxidation sites excluding steroid dienone is 3. The number of nitriles is 1. The molecule has 0 saturated heterocycles. The van der Waals surface area contributed by atoms with Gasteiger partial charge in [-0.25, -0.2) is 0 Å². The van der Waals surface area contributed by atoms with Crippen LogP contribution < -0.4 is 0 Å². The van der Waals surface area contributed by atoms with E-state index in [1.807, 2.05) is 29.5 Å². The number of hydrogen-bond acceptors (Lipinski definition) is 2. The van der Waals surface area contributed by atoms with Gasteiger partial charge in [-0.15, -0.1) is 11.3 Å². The second-order valence-corrected chi connectivity index (χ2v) is 11.9. The molecule has 1 aliphatic rings. The fourth-order valence-electron chi connectivity index (χ4n) is 6.31. The zero-order chi connectivity index (χ0) is 28.0. The maximum atomic E-state index is 9.81. The van der Waals surface area contributed by atoms with Crippen LogP contribution in [-0.2, 0) is 6.42 Å². The Bertz CT molecular complexity index is 2280. The lowest BCUT2D eigenvalue weighted by molar-refractivity contribution is 1.30. The fourth-order valence-corrected chi connectivity index (χ4v) is 7.43. The van der Waals surface area contributed by atoms with Crippen LogP contribution in [0.15, 0.2) is 133 Å². The van der Waals surface area contributed by atoms with Crippen LogP contribution in [0.25, 0.3) is 64.8 Å². The minimum absolute atomic E-state index is 0.703. The van der Waals surface area contributed by atoms with E-state index in [0.29, 0.717) is 5.56 Å². The Morgan fingerprint density at radius 2 is 1.36 bits per heavy atom. The summed E-state index contributed by atoms with van der Waals surface area (Å²) in [7, 11) is 0. The van der Waals surface area contributed by atoms with Gasteiger partial charge in [0, 0.05) is 25.7 Å². The second-order valence-electron chi connectivity index (χ2n) is 10.8. The zero-order valence-corrected chi connectivity index (χ0v) is 23.7. The molecule has 1 aromatic heterocycles. The van der Waals surface area contributed by atoms with Crippen LogP contribution >= 0.6 is 11.3 Å². The van der Waals surface area contributed by atoms with E-state index >= 15 is 0 Å². The molecule has 196 valence electrons. The Labute approximate surface area is 248 Å². The molecular weight excluding hydrogens is 527 g/mol. The minimum atomic E-state index is 0.703. The van der Waals surface area contributed by atoms with Gasteiger partial charge < -0.3 is 0 Å². The predicted octanol–water partition coefficient (Wildman–Crippen LogP) is 11.1. The summed E-state index contributed by atoms with van der Waals surface area (Å²) in [5.74, 6) is 0. The molecule has 0 amide bonds. The van der Waals surface area contributed by atoms with Gasteiger partial charge in [0.05, 0.1) is 11.6 Å². The first-order valence-electron chi connectivity index (χ1n) is 14.2. The van der Waals surface area contributed by atoms with Crippen LogP contribution in [0, 0.1) is 11.3 Å². The molecular formula is C40H25NS. The first kappa shape index (κ1) is 24.6. The summed E-state index contributed by atoms with van der Waals surface area (Å²) in [4.78, 5) is 0. The zero-order valence-electron chi connectivity index (χ0n) is 22.8. The van der Waals surface area contributed by atoms with Crippen LogP contribution in [0.3, 0.4) is 0 Å². The summed E-state index contributed by atoms with van der Waals surface area (Å²) in [6, 6.07) is 45.5. The average Bonchev–Trinajstić information content (AvgIpc) is 3.28. The van der Waals surface area contributed by atoms with Gasteiger partial charge in [-0.3, -0.25) is 0 Å². The second kappa shape index (κ2) is 10.00. The Kier molecular flexibility index (Phi) is 5.85. The van der Waals surface area contributed by atoms with Gasteiger partial charge >= 0.3 is 0 Å². The number of nitrogens with zero attached hydrogens (tertiary/aromatic N) is 1. The normalized spacial score (nSPS) is 12.7. The highest BCUT2D eigenvalue weighted by molar-refractivity contribution is 7.26. The number of rotatable bonds is 3. The van der Waals surface area contributed by atoms with Crippen molar-refractivity contribution in [2.75, 3.05) is 0 Å². The van der Waals surface area contributed by atoms with Crippen LogP contribution in [0.4, 0.5) is 0 Å². The third kappa shape index (κ3) is 4.06. The van der Waals surface area contributed by atoms with Crippen molar-refractivity contribution in [3.05, 3.63) is 156 Å². The predicted molar refractivity (Wildman–Crippen MR) is 180 cm³/mol.